The van der Waals surface area contributed by atoms with Gasteiger partial charge in [0, 0.05) is 68.2 Å². The fourth-order valence-electron chi connectivity index (χ4n) is 1.90. The van der Waals surface area contributed by atoms with E-state index in [-0.39, 0.29) is 50.5 Å². The van der Waals surface area contributed by atoms with E-state index in [0.29, 0.717) is 0 Å². The Morgan fingerprint density at radius 3 is 2.76 bits per heavy atom. The number of hydrogen-bond acceptors (Lipinski definition) is 1. The molecule has 0 amide bonds. The van der Waals surface area contributed by atoms with Gasteiger partial charge in [-0.3, -0.25) is 4.79 Å². The van der Waals surface area contributed by atoms with Gasteiger partial charge in [-0.25, -0.2) is 0 Å². The van der Waals surface area contributed by atoms with Crippen LogP contribution in [0.15, 0.2) is 30.5 Å². The second-order valence-electron chi connectivity index (χ2n) is 3.88. The zero-order chi connectivity index (χ0) is 11.7. The monoisotopic (exact) mass is 444 g/mol. The number of carboxylic acid groups (broad SMARTS) is 1. The summed E-state index contributed by atoms with van der Waals surface area (Å²) in [6, 6.07) is 6.72. The van der Waals surface area contributed by atoms with Crippen LogP contribution in [0, 0.1) is 44.1 Å². The van der Waals surface area contributed by atoms with Crippen LogP contribution in [0.5, 0.6) is 0 Å². The fourth-order valence-corrected chi connectivity index (χ4v) is 1.90. The molecule has 1 aromatic carbocycles. The number of carboxylic acids is 1. The first kappa shape index (κ1) is 14.7. The molecular formula is C12H13AcN2O2-. The molecule has 1 aromatic heterocycles. The Hall–Kier alpha value is -0.368. The second-order valence-corrected chi connectivity index (χ2v) is 3.88. The summed E-state index contributed by atoms with van der Waals surface area (Å²) in [6.45, 7) is 0. The predicted octanol–water partition coefficient (Wildman–Crippen LogP) is 2.23. The number of rotatable bonds is 3. The Morgan fingerprint density at radius 2 is 2.12 bits per heavy atom. The number of aliphatic carboxylic acids is 1. The molecule has 17 heavy (non-hydrogen) atoms. The van der Waals surface area contributed by atoms with Crippen molar-refractivity contribution in [2.24, 2.45) is 7.05 Å². The van der Waals surface area contributed by atoms with E-state index >= 15 is 0 Å². The Kier molecular flexibility index (Phi) is 5.18. The SMILES string of the molecule is Cn1cc(CC([NH-])C(=O)O)c2ccccc21.[Ac]. The molecule has 0 bridgehead atoms. The van der Waals surface area contributed by atoms with E-state index < -0.39 is 12.0 Å². The van der Waals surface area contributed by atoms with Gasteiger partial charge in [-0.1, -0.05) is 18.2 Å². The van der Waals surface area contributed by atoms with Crippen molar-refractivity contribution in [1.82, 2.24) is 4.57 Å². The quantitative estimate of drug-likeness (QED) is 0.790. The van der Waals surface area contributed by atoms with E-state index in [9.17, 15) is 4.79 Å². The summed E-state index contributed by atoms with van der Waals surface area (Å²) in [6.07, 6.45) is 2.14. The maximum Gasteiger partial charge on any atom is 0.285 e. The molecule has 4 nitrogen and oxygen atoms in total. The Morgan fingerprint density at radius 1 is 1.47 bits per heavy atom. The predicted molar refractivity (Wildman–Crippen MR) is 62.4 cm³/mol. The first-order valence-electron chi connectivity index (χ1n) is 5.06. The zero-order valence-electron chi connectivity index (χ0n) is 9.55. The number of benzene rings is 1. The molecule has 0 aliphatic rings. The molecular weight excluding hydrogens is 431 g/mol. The molecule has 5 heteroatoms. The average molecular weight is 444 g/mol. The van der Waals surface area contributed by atoms with E-state index in [1.165, 1.54) is 0 Å². The van der Waals surface area contributed by atoms with Crippen molar-refractivity contribution < 1.29 is 54.0 Å². The third kappa shape index (κ3) is 3.10. The molecule has 0 fully saturated rings. The van der Waals surface area contributed by atoms with Crippen LogP contribution in [0.25, 0.3) is 16.6 Å². The fraction of sp³-hybridized carbons (Fsp3) is 0.250. The first-order chi connectivity index (χ1) is 7.59. The van der Waals surface area contributed by atoms with Gasteiger partial charge in [0.05, 0.1) is 0 Å². The minimum absolute atomic E-state index is 0. The minimum atomic E-state index is -1.09. The van der Waals surface area contributed by atoms with E-state index in [1.54, 1.807) is 0 Å². The number of hydrogen-bond donors (Lipinski definition) is 1. The van der Waals surface area contributed by atoms with Crippen molar-refractivity contribution >= 4 is 16.9 Å². The second kappa shape index (κ2) is 5.99. The van der Waals surface area contributed by atoms with Crippen molar-refractivity contribution in [1.29, 1.82) is 0 Å². The van der Waals surface area contributed by atoms with Crippen LogP contribution < -0.4 is 0 Å². The van der Waals surface area contributed by atoms with Crippen LogP contribution in [0.4, 0.5) is 0 Å². The summed E-state index contributed by atoms with van der Waals surface area (Å²) in [5, 5.41) is 9.76. The van der Waals surface area contributed by atoms with Crippen molar-refractivity contribution in [3.63, 3.8) is 0 Å². The minimum Gasteiger partial charge on any atom is -0.665 e. The van der Waals surface area contributed by atoms with E-state index in [1.807, 2.05) is 42.1 Å². The van der Waals surface area contributed by atoms with Crippen molar-refractivity contribution in [3.05, 3.63) is 41.8 Å². The number of aromatic nitrogens is 1. The standard InChI is InChI=1S/C12H13N2O2.Ac/c1-14-7-8(6-10(13)12(15)16)9-4-2-3-5-11(9)14;/h2-5,7,10,13H,6H2,1H3,(H,15,16);/q-1;. The molecule has 87 valence electrons. The van der Waals surface area contributed by atoms with E-state index in [4.69, 9.17) is 10.8 Å². The first-order valence-corrected chi connectivity index (χ1v) is 5.06. The Balaban J connectivity index is 0.00000144. The molecule has 1 unspecified atom stereocenters. The topological polar surface area (TPSA) is 66.0 Å². The third-order valence-electron chi connectivity index (χ3n) is 2.70. The molecule has 0 saturated carbocycles. The average Bonchev–Trinajstić information content (AvgIpc) is 2.57. The van der Waals surface area contributed by atoms with Gasteiger partial charge in [-0.15, -0.1) is 0 Å². The molecule has 2 rings (SSSR count). The van der Waals surface area contributed by atoms with Crippen LogP contribution >= 0.6 is 0 Å². The number of carbonyl (C=O) groups is 1. The van der Waals surface area contributed by atoms with Crippen LogP contribution in [0.2, 0.25) is 0 Å². The third-order valence-corrected chi connectivity index (χ3v) is 2.70. The number of nitrogens with one attached hydrogen (secondary N) is 1. The smallest absolute Gasteiger partial charge is 0.285 e. The van der Waals surface area contributed by atoms with Crippen LogP contribution in [0.1, 0.15) is 5.56 Å². The summed E-state index contributed by atoms with van der Waals surface area (Å²) < 4.78 is 1.96. The summed E-state index contributed by atoms with van der Waals surface area (Å²) >= 11 is 0. The normalized spacial score (nSPS) is 12.1. The Labute approximate surface area is 135 Å². The Bertz CT molecular complexity index is 536. The summed E-state index contributed by atoms with van der Waals surface area (Å²) in [4.78, 5) is 10.7. The molecule has 0 aliphatic heterocycles. The number of aryl methyl sites for hydroxylation is 1. The summed E-state index contributed by atoms with van der Waals surface area (Å²) in [5.41, 5.74) is 9.42. The molecule has 1 heterocycles. The largest absolute Gasteiger partial charge is 0.665 e. The van der Waals surface area contributed by atoms with Crippen LogP contribution in [-0.4, -0.2) is 21.7 Å². The van der Waals surface area contributed by atoms with Gasteiger partial charge in [-0.2, -0.15) is 0 Å². The summed E-state index contributed by atoms with van der Waals surface area (Å²) in [5.74, 6) is -1.08. The van der Waals surface area contributed by atoms with Crippen LogP contribution in [0.3, 0.4) is 0 Å². The van der Waals surface area contributed by atoms with Gasteiger partial charge < -0.3 is 15.4 Å². The number of nitrogens with zero attached hydrogens (tertiary/aromatic N) is 1. The van der Waals surface area contributed by atoms with Gasteiger partial charge in [0.1, 0.15) is 0 Å². The maximum absolute atomic E-state index is 10.7. The van der Waals surface area contributed by atoms with Gasteiger partial charge in [0.25, 0.3) is 5.97 Å². The van der Waals surface area contributed by atoms with Gasteiger partial charge in [0.15, 0.2) is 0 Å². The number of para-hydroxylation sites is 1. The van der Waals surface area contributed by atoms with Crippen molar-refractivity contribution in [2.45, 2.75) is 12.5 Å². The van der Waals surface area contributed by atoms with Gasteiger partial charge >= 0.3 is 0 Å². The zero-order valence-corrected chi connectivity index (χ0v) is 14.3. The molecule has 1 atom stereocenters. The molecule has 0 saturated heterocycles. The van der Waals surface area contributed by atoms with Gasteiger partial charge in [-0.05, 0) is 24.1 Å². The van der Waals surface area contributed by atoms with E-state index in [0.717, 1.165) is 16.5 Å². The maximum atomic E-state index is 10.7. The van der Waals surface area contributed by atoms with Crippen LogP contribution in [-0.2, 0) is 18.3 Å². The number of fused-ring (bicyclic) bond motifs is 1. The molecule has 1 radical (unpaired) electrons. The molecule has 0 aliphatic carbocycles. The molecule has 2 N–H and O–H groups in total. The van der Waals surface area contributed by atoms with Crippen molar-refractivity contribution in [2.75, 3.05) is 0 Å². The van der Waals surface area contributed by atoms with Gasteiger partial charge in [0.2, 0.25) is 0 Å². The molecule has 0 spiro atoms. The molecule has 2 aromatic rings. The van der Waals surface area contributed by atoms with E-state index in [2.05, 4.69) is 0 Å². The van der Waals surface area contributed by atoms with Crippen molar-refractivity contribution in [3.8, 4) is 0 Å². The summed E-state index contributed by atoms with van der Waals surface area (Å²) in [7, 11) is 1.92.